The highest BCUT2D eigenvalue weighted by Crippen LogP contribution is 2.22. The molecule has 62 heavy (non-hydrogen) atoms. The Morgan fingerprint density at radius 1 is 0.613 bits per heavy atom. The van der Waals surface area contributed by atoms with Crippen molar-refractivity contribution in [1.29, 1.82) is 0 Å². The van der Waals surface area contributed by atoms with Gasteiger partial charge in [0.1, 0.15) is 36.8 Å². The molecule has 0 aromatic carbocycles. The molecule has 0 aromatic rings. The average molecular weight is 882 g/mol. The van der Waals surface area contributed by atoms with Crippen LogP contribution in [0.15, 0.2) is 0 Å². The molecule has 24 heteroatoms. The zero-order chi connectivity index (χ0) is 45.9. The Morgan fingerprint density at radius 3 is 1.84 bits per heavy atom. The number of nitrogens with zero attached hydrogens (tertiary/aromatic N) is 3. The lowest BCUT2D eigenvalue weighted by atomic mass is 10.1. The lowest BCUT2D eigenvalue weighted by Gasteiger charge is -2.29. The van der Waals surface area contributed by atoms with Crippen molar-refractivity contribution in [3.05, 3.63) is 0 Å². The summed E-state index contributed by atoms with van der Waals surface area (Å²) in [6, 6.07) is -6.60. The highest BCUT2D eigenvalue weighted by Gasteiger charge is 2.42. The summed E-state index contributed by atoms with van der Waals surface area (Å²) in [5.41, 5.74) is 17.1. The van der Waals surface area contributed by atoms with E-state index < -0.39 is 128 Å². The molecule has 3 aliphatic heterocycles. The Labute approximate surface area is 358 Å². The number of aliphatic hydroxyl groups is 1. The highest BCUT2D eigenvalue weighted by atomic mass is 16.4. The smallest absolute Gasteiger partial charge is 0.322 e. The van der Waals surface area contributed by atoms with Crippen LogP contribution in [0.4, 0.5) is 0 Å². The lowest BCUT2D eigenvalue weighted by molar-refractivity contribution is -0.143. The molecular formula is C38H63N11O13. The van der Waals surface area contributed by atoms with Gasteiger partial charge in [-0.25, -0.2) is 0 Å². The van der Waals surface area contributed by atoms with Crippen LogP contribution in [0.1, 0.15) is 83.5 Å². The minimum atomic E-state index is -1.42. The van der Waals surface area contributed by atoms with E-state index in [1.54, 1.807) is 0 Å². The first-order chi connectivity index (χ1) is 29.5. The number of carboxylic acid groups (broad SMARTS) is 2. The van der Waals surface area contributed by atoms with Gasteiger partial charge in [0.15, 0.2) is 0 Å². The number of aliphatic hydroxyl groups excluding tert-OH is 1. The molecule has 0 bridgehead atoms. The van der Waals surface area contributed by atoms with Gasteiger partial charge in [-0.15, -0.1) is 0 Å². The van der Waals surface area contributed by atoms with E-state index in [2.05, 4.69) is 26.6 Å². The summed E-state index contributed by atoms with van der Waals surface area (Å²) in [6.45, 7) is -0.975. The maximum atomic E-state index is 13.8. The van der Waals surface area contributed by atoms with Gasteiger partial charge in [-0.2, -0.15) is 0 Å². The van der Waals surface area contributed by atoms with Crippen LogP contribution in [0, 0.1) is 0 Å². The van der Waals surface area contributed by atoms with Crippen molar-refractivity contribution in [1.82, 2.24) is 41.3 Å². The van der Waals surface area contributed by atoms with Crippen molar-refractivity contribution in [2.24, 2.45) is 17.2 Å². The lowest BCUT2D eigenvalue weighted by Crippen LogP contribution is -2.56. The number of β-amino-alcohol motifs (C(OH)–C–C–N with tert-alkyl or cyclic N) is 1. The van der Waals surface area contributed by atoms with E-state index in [-0.39, 0.29) is 51.7 Å². The van der Waals surface area contributed by atoms with Crippen LogP contribution in [0.5, 0.6) is 0 Å². The maximum absolute atomic E-state index is 13.8. The predicted octanol–water partition coefficient (Wildman–Crippen LogP) is -5.22. The normalized spacial score (nSPS) is 21.1. The van der Waals surface area contributed by atoms with E-state index >= 15 is 0 Å². The van der Waals surface area contributed by atoms with Gasteiger partial charge < -0.3 is 73.8 Å². The second-order valence-electron chi connectivity index (χ2n) is 15.7. The third-order valence-electron chi connectivity index (χ3n) is 11.0. The third-order valence-corrected chi connectivity index (χ3v) is 11.0. The van der Waals surface area contributed by atoms with Crippen molar-refractivity contribution in [3.63, 3.8) is 0 Å². The second-order valence-corrected chi connectivity index (χ2v) is 15.7. The fourth-order valence-corrected chi connectivity index (χ4v) is 7.75. The SMILES string of the molecule is NCCCC[C@H](NC(=O)[C@@H]1CCCN1C(=O)CNC(=O)[C@@H]1CCCN1C(=O)[C@H](CCC(=O)O)NC(=O)CNC(=O)[C@@H]1C[C@@H](O)CN1C(=O)[C@@H](N)CCCCN)C(=O)NCC(=O)O. The number of unbranched alkanes of at least 4 members (excludes halogenated alkanes) is 2. The minimum Gasteiger partial charge on any atom is -0.481 e. The molecule has 348 valence electrons. The highest BCUT2D eigenvalue weighted by molar-refractivity contribution is 5.97. The Bertz CT molecular complexity index is 1630. The van der Waals surface area contributed by atoms with E-state index in [1.165, 1.54) is 9.80 Å². The molecule has 0 radical (unpaired) electrons. The van der Waals surface area contributed by atoms with Crippen LogP contribution in [-0.4, -0.2) is 184 Å². The first-order valence-electron chi connectivity index (χ1n) is 21.1. The topological polar surface area (TPSA) is 379 Å². The monoisotopic (exact) mass is 881 g/mol. The number of carboxylic acids is 2. The van der Waals surface area contributed by atoms with Crippen LogP contribution in [0.3, 0.4) is 0 Å². The second kappa shape index (κ2) is 25.5. The van der Waals surface area contributed by atoms with Gasteiger partial charge >= 0.3 is 11.9 Å². The van der Waals surface area contributed by atoms with Crippen molar-refractivity contribution in [2.45, 2.75) is 126 Å². The quantitative estimate of drug-likeness (QED) is 0.0382. The van der Waals surface area contributed by atoms with Gasteiger partial charge in [0.2, 0.25) is 47.3 Å². The minimum absolute atomic E-state index is 0.0735. The van der Waals surface area contributed by atoms with Gasteiger partial charge in [0.25, 0.3) is 0 Å². The van der Waals surface area contributed by atoms with Gasteiger partial charge in [-0.3, -0.25) is 47.9 Å². The standard InChI is InChI=1S/C38H63N11O13/c39-13-3-1-7-23(41)37(61)49-21-22(50)17-28(49)35(59)42-18-29(51)45-25(11-12-31(53)54)38(62)48-16-6-9-26(48)34(58)43-19-30(52)47-15-5-10-27(47)36(60)46-24(8-2-4-14-40)33(57)44-20-32(55)56/h22-28,50H,1-21,39-41H2,(H,42,59)(H,43,58)(H,44,57)(H,45,51)(H,46,60)(H,53,54)(H,55,56)/t22-,23+,24+,25+,26+,27+,28+/m1/s1. The summed E-state index contributed by atoms with van der Waals surface area (Å²) < 4.78 is 0. The van der Waals surface area contributed by atoms with Crippen molar-refractivity contribution in [2.75, 3.05) is 52.4 Å². The van der Waals surface area contributed by atoms with Gasteiger partial charge in [-0.1, -0.05) is 6.42 Å². The van der Waals surface area contributed by atoms with Gasteiger partial charge in [0.05, 0.1) is 25.2 Å². The molecule has 7 atom stereocenters. The van der Waals surface area contributed by atoms with Crippen LogP contribution in [0.25, 0.3) is 0 Å². The first-order valence-corrected chi connectivity index (χ1v) is 21.1. The number of amides is 8. The van der Waals surface area contributed by atoms with Crippen LogP contribution >= 0.6 is 0 Å². The first kappa shape index (κ1) is 50.9. The van der Waals surface area contributed by atoms with E-state index in [4.69, 9.17) is 22.3 Å². The Kier molecular flexibility index (Phi) is 20.9. The molecular weight excluding hydrogens is 818 g/mol. The van der Waals surface area contributed by atoms with Crippen molar-refractivity contribution in [3.8, 4) is 0 Å². The number of nitrogens with one attached hydrogen (secondary N) is 5. The summed E-state index contributed by atoms with van der Waals surface area (Å²) in [5, 5.41) is 40.7. The number of likely N-dealkylation sites (tertiary alicyclic amines) is 3. The van der Waals surface area contributed by atoms with E-state index in [9.17, 15) is 58.2 Å². The van der Waals surface area contributed by atoms with Crippen LogP contribution in [0.2, 0.25) is 0 Å². The van der Waals surface area contributed by atoms with Gasteiger partial charge in [-0.05, 0) is 77.3 Å². The molecule has 0 unspecified atom stereocenters. The van der Waals surface area contributed by atoms with Crippen molar-refractivity contribution >= 4 is 59.2 Å². The molecule has 3 heterocycles. The molecule has 0 aliphatic carbocycles. The van der Waals surface area contributed by atoms with Crippen LogP contribution in [-0.2, 0) is 47.9 Å². The van der Waals surface area contributed by atoms with Crippen molar-refractivity contribution < 1.29 is 63.3 Å². The molecule has 3 aliphatic rings. The summed E-state index contributed by atoms with van der Waals surface area (Å²) >= 11 is 0. The molecule has 0 spiro atoms. The van der Waals surface area contributed by atoms with E-state index in [0.717, 1.165) is 4.90 Å². The average Bonchev–Trinajstić information content (AvgIpc) is 4.02. The summed E-state index contributed by atoms with van der Waals surface area (Å²) in [4.78, 5) is 132. The third kappa shape index (κ3) is 15.5. The zero-order valence-electron chi connectivity index (χ0n) is 34.9. The molecule has 14 N–H and O–H groups in total. The maximum Gasteiger partial charge on any atom is 0.322 e. The summed E-state index contributed by atoms with van der Waals surface area (Å²) in [7, 11) is 0. The predicted molar refractivity (Wildman–Crippen MR) is 217 cm³/mol. The molecule has 24 nitrogen and oxygen atoms in total. The molecule has 3 fully saturated rings. The number of carbonyl (C=O) groups is 10. The largest absolute Gasteiger partial charge is 0.481 e. The van der Waals surface area contributed by atoms with Gasteiger partial charge in [0, 0.05) is 32.5 Å². The summed E-state index contributed by atoms with van der Waals surface area (Å²) in [6.07, 6.45) is 2.04. The molecule has 3 saturated heterocycles. The number of aliphatic carboxylic acids is 2. The molecule has 8 amide bonds. The molecule has 0 aromatic heterocycles. The number of hydrogen-bond acceptors (Lipinski definition) is 14. The summed E-state index contributed by atoms with van der Waals surface area (Å²) in [5.74, 6) is -8.09. The number of hydrogen-bond donors (Lipinski definition) is 11. The van der Waals surface area contributed by atoms with E-state index in [1.807, 2.05) is 0 Å². The number of rotatable bonds is 25. The Balaban J connectivity index is 1.59. The number of carbonyl (C=O) groups excluding carboxylic acids is 8. The Morgan fingerprint density at radius 2 is 1.21 bits per heavy atom. The fraction of sp³-hybridized carbons (Fsp3) is 0.737. The number of nitrogens with two attached hydrogens (primary N) is 3. The zero-order valence-corrected chi connectivity index (χ0v) is 34.9. The van der Waals surface area contributed by atoms with E-state index in [0.29, 0.717) is 58.0 Å². The Hall–Kier alpha value is -5.46. The fourth-order valence-electron chi connectivity index (χ4n) is 7.75. The van der Waals surface area contributed by atoms with Crippen LogP contribution < -0.4 is 43.8 Å². The molecule has 3 rings (SSSR count). The molecule has 0 saturated carbocycles.